The van der Waals surface area contributed by atoms with Gasteiger partial charge in [0, 0.05) is 17.8 Å². The minimum Gasteiger partial charge on any atom is -0.426 e. The summed E-state index contributed by atoms with van der Waals surface area (Å²) in [6.45, 7) is 5.19. The largest absolute Gasteiger partial charge is 0.514 e. The van der Waals surface area contributed by atoms with E-state index in [-0.39, 0.29) is 23.9 Å². The van der Waals surface area contributed by atoms with Crippen LogP contribution in [0.5, 0.6) is 5.75 Å². The third-order valence-electron chi connectivity index (χ3n) is 5.22. The second-order valence-corrected chi connectivity index (χ2v) is 8.39. The Balaban J connectivity index is 1.93. The molecule has 0 radical (unpaired) electrons. The van der Waals surface area contributed by atoms with Crippen molar-refractivity contribution in [1.29, 1.82) is 0 Å². The van der Waals surface area contributed by atoms with Crippen LogP contribution in [-0.2, 0) is 19.1 Å². The summed E-state index contributed by atoms with van der Waals surface area (Å²) in [6, 6.07) is 10.9. The molecule has 0 aliphatic carbocycles. The Kier molecular flexibility index (Phi) is 11.0. The van der Waals surface area contributed by atoms with Gasteiger partial charge in [-0.15, -0.1) is 0 Å². The Morgan fingerprint density at radius 3 is 2.24 bits per heavy atom. The van der Waals surface area contributed by atoms with E-state index in [9.17, 15) is 29.3 Å². The summed E-state index contributed by atoms with van der Waals surface area (Å²) in [5.41, 5.74) is 1.01. The molecule has 0 spiro atoms. The average molecular weight is 515 g/mol. The molecule has 37 heavy (non-hydrogen) atoms. The van der Waals surface area contributed by atoms with Crippen molar-refractivity contribution in [1.82, 2.24) is 10.6 Å². The molecule has 0 bridgehead atoms. The van der Waals surface area contributed by atoms with Gasteiger partial charge in [-0.2, -0.15) is 0 Å². The minimum atomic E-state index is -0.954. The molecule has 2 atom stereocenters. The number of nitrogens with zero attached hydrogens (tertiary/aromatic N) is 1. The molecule has 0 saturated carbocycles. The Morgan fingerprint density at radius 2 is 1.70 bits per heavy atom. The number of nitrogens with one attached hydrogen (secondary N) is 3. The highest BCUT2D eigenvalue weighted by molar-refractivity contribution is 5.95. The van der Waals surface area contributed by atoms with Crippen molar-refractivity contribution in [2.75, 3.05) is 11.9 Å². The van der Waals surface area contributed by atoms with E-state index in [0.29, 0.717) is 30.5 Å². The summed E-state index contributed by atoms with van der Waals surface area (Å²) >= 11 is 0. The van der Waals surface area contributed by atoms with Gasteiger partial charge in [0.25, 0.3) is 5.69 Å². The SMILES string of the molecule is CCCC(OC(=O)Oc1ccc([N+](=O)[O-])cc1)c1ccc(NC(=O)CNC(=O)C(NC=O)C(C)C)cc1. The summed E-state index contributed by atoms with van der Waals surface area (Å²) in [7, 11) is 0. The van der Waals surface area contributed by atoms with Crippen LogP contribution in [0.1, 0.15) is 45.3 Å². The second kappa shape index (κ2) is 14.2. The van der Waals surface area contributed by atoms with E-state index in [4.69, 9.17) is 9.47 Å². The van der Waals surface area contributed by atoms with Crippen LogP contribution in [0.15, 0.2) is 48.5 Å². The van der Waals surface area contributed by atoms with Crippen LogP contribution in [0.2, 0.25) is 0 Å². The van der Waals surface area contributed by atoms with Gasteiger partial charge in [0.1, 0.15) is 17.9 Å². The Labute approximate surface area is 213 Å². The lowest BCUT2D eigenvalue weighted by atomic mass is 10.0. The lowest BCUT2D eigenvalue weighted by Crippen LogP contribution is -2.48. The molecule has 2 aromatic carbocycles. The molecule has 0 saturated heterocycles. The smallest absolute Gasteiger partial charge is 0.426 e. The van der Waals surface area contributed by atoms with Gasteiger partial charge in [-0.1, -0.05) is 39.3 Å². The summed E-state index contributed by atoms with van der Waals surface area (Å²) in [6.07, 6.45) is 0.0988. The molecule has 0 aromatic heterocycles. The number of benzene rings is 2. The Bertz CT molecular complexity index is 1090. The maximum Gasteiger partial charge on any atom is 0.514 e. The summed E-state index contributed by atoms with van der Waals surface area (Å²) < 4.78 is 10.6. The van der Waals surface area contributed by atoms with Gasteiger partial charge >= 0.3 is 6.16 Å². The van der Waals surface area contributed by atoms with Crippen molar-refractivity contribution in [2.45, 2.75) is 45.8 Å². The van der Waals surface area contributed by atoms with Gasteiger partial charge in [-0.05, 0) is 42.2 Å². The number of hydrogen-bond donors (Lipinski definition) is 3. The Morgan fingerprint density at radius 1 is 1.05 bits per heavy atom. The molecule has 2 aromatic rings. The van der Waals surface area contributed by atoms with Crippen molar-refractivity contribution in [3.05, 3.63) is 64.2 Å². The fourth-order valence-electron chi connectivity index (χ4n) is 3.34. The number of nitro benzene ring substituents is 1. The number of anilines is 1. The lowest BCUT2D eigenvalue weighted by molar-refractivity contribution is -0.384. The van der Waals surface area contributed by atoms with E-state index in [1.165, 1.54) is 24.3 Å². The molecule has 3 amide bonds. The molecule has 0 aliphatic heterocycles. The first-order valence-electron chi connectivity index (χ1n) is 11.6. The molecular formula is C25H30N4O8. The van der Waals surface area contributed by atoms with Crippen molar-refractivity contribution in [3.8, 4) is 5.75 Å². The highest BCUT2D eigenvalue weighted by Gasteiger charge is 2.22. The number of hydrogen-bond acceptors (Lipinski definition) is 8. The van der Waals surface area contributed by atoms with E-state index in [1.807, 2.05) is 6.92 Å². The van der Waals surface area contributed by atoms with Crippen LogP contribution in [0.25, 0.3) is 0 Å². The summed E-state index contributed by atoms with van der Waals surface area (Å²) in [5.74, 6) is -0.960. The van der Waals surface area contributed by atoms with E-state index in [1.54, 1.807) is 38.1 Å². The van der Waals surface area contributed by atoms with Crippen LogP contribution in [0.4, 0.5) is 16.2 Å². The number of ether oxygens (including phenoxy) is 2. The van der Waals surface area contributed by atoms with Crippen LogP contribution in [-0.4, -0.2) is 41.9 Å². The van der Waals surface area contributed by atoms with E-state index >= 15 is 0 Å². The fourth-order valence-corrected chi connectivity index (χ4v) is 3.34. The third kappa shape index (κ3) is 9.24. The van der Waals surface area contributed by atoms with E-state index in [0.717, 1.165) is 0 Å². The maximum atomic E-state index is 12.3. The predicted octanol–water partition coefficient (Wildman–Crippen LogP) is 3.48. The standard InChI is InChI=1S/C25H30N4O8/c1-4-5-21(37-25(33)36-20-12-10-19(11-13-20)29(34)35)17-6-8-18(9-7-17)28-22(31)14-26-24(32)23(16(2)3)27-15-30/h6-13,15-16,21,23H,4-5,14H2,1-3H3,(H,26,32)(H,27,30)(H,28,31). The first-order chi connectivity index (χ1) is 17.6. The topological polar surface area (TPSA) is 166 Å². The predicted molar refractivity (Wildman–Crippen MR) is 134 cm³/mol. The van der Waals surface area contributed by atoms with Crippen molar-refractivity contribution in [2.24, 2.45) is 5.92 Å². The highest BCUT2D eigenvalue weighted by atomic mass is 16.7. The molecule has 12 heteroatoms. The maximum absolute atomic E-state index is 12.3. The lowest BCUT2D eigenvalue weighted by Gasteiger charge is -2.19. The number of carbonyl (C=O) groups is 4. The second-order valence-electron chi connectivity index (χ2n) is 8.39. The first-order valence-corrected chi connectivity index (χ1v) is 11.6. The van der Waals surface area contributed by atoms with Crippen LogP contribution in [0, 0.1) is 16.0 Å². The van der Waals surface area contributed by atoms with E-state index < -0.39 is 35.0 Å². The zero-order chi connectivity index (χ0) is 27.4. The Hall–Kier alpha value is -4.48. The summed E-state index contributed by atoms with van der Waals surface area (Å²) in [5, 5.41) is 18.3. The van der Waals surface area contributed by atoms with Gasteiger partial charge < -0.3 is 25.4 Å². The number of rotatable bonds is 13. The monoisotopic (exact) mass is 514 g/mol. The molecule has 3 N–H and O–H groups in total. The van der Waals surface area contributed by atoms with Crippen molar-refractivity contribution < 1.29 is 33.6 Å². The molecule has 198 valence electrons. The molecule has 0 aliphatic rings. The van der Waals surface area contributed by atoms with Crippen LogP contribution in [0.3, 0.4) is 0 Å². The molecule has 0 heterocycles. The highest BCUT2D eigenvalue weighted by Crippen LogP contribution is 2.26. The van der Waals surface area contributed by atoms with Gasteiger partial charge in [-0.25, -0.2) is 4.79 Å². The number of carbonyl (C=O) groups excluding carboxylic acids is 4. The third-order valence-corrected chi connectivity index (χ3v) is 5.22. The molecule has 0 fully saturated rings. The molecule has 12 nitrogen and oxygen atoms in total. The molecule has 2 unspecified atom stereocenters. The van der Waals surface area contributed by atoms with Gasteiger partial charge in [-0.3, -0.25) is 24.5 Å². The molecular weight excluding hydrogens is 484 g/mol. The van der Waals surface area contributed by atoms with Crippen molar-refractivity contribution >= 4 is 35.8 Å². The van der Waals surface area contributed by atoms with Crippen LogP contribution >= 0.6 is 0 Å². The number of nitro groups is 1. The minimum absolute atomic E-state index is 0.109. The quantitative estimate of drug-likeness (QED) is 0.120. The fraction of sp³-hybridized carbons (Fsp3) is 0.360. The summed E-state index contributed by atoms with van der Waals surface area (Å²) in [4.78, 5) is 57.5. The number of amides is 3. The average Bonchev–Trinajstić information content (AvgIpc) is 2.86. The normalized spacial score (nSPS) is 12.1. The zero-order valence-corrected chi connectivity index (χ0v) is 20.8. The van der Waals surface area contributed by atoms with E-state index in [2.05, 4.69) is 16.0 Å². The van der Waals surface area contributed by atoms with Gasteiger partial charge in [0.15, 0.2) is 0 Å². The van der Waals surface area contributed by atoms with Gasteiger partial charge in [0.05, 0.1) is 11.5 Å². The van der Waals surface area contributed by atoms with Crippen LogP contribution < -0.4 is 20.7 Å². The zero-order valence-electron chi connectivity index (χ0n) is 20.8. The molecule has 2 rings (SSSR count). The number of non-ortho nitro benzene ring substituents is 1. The van der Waals surface area contributed by atoms with Gasteiger partial charge in [0.2, 0.25) is 18.2 Å². The van der Waals surface area contributed by atoms with Crippen molar-refractivity contribution in [3.63, 3.8) is 0 Å². The first kappa shape index (κ1) is 28.8.